The minimum Gasteiger partial charge on any atom is -0.507 e. The van der Waals surface area contributed by atoms with Crippen molar-refractivity contribution in [3.05, 3.63) is 59.8 Å². The Labute approximate surface area is 168 Å². The summed E-state index contributed by atoms with van der Waals surface area (Å²) in [5.74, 6) is -0.313. The van der Waals surface area contributed by atoms with Gasteiger partial charge in [-0.25, -0.2) is 14.8 Å². The van der Waals surface area contributed by atoms with Gasteiger partial charge in [-0.15, -0.1) is 0 Å². The molecule has 29 heavy (non-hydrogen) atoms. The van der Waals surface area contributed by atoms with E-state index >= 15 is 0 Å². The lowest BCUT2D eigenvalue weighted by Gasteiger charge is -2.33. The summed E-state index contributed by atoms with van der Waals surface area (Å²) in [6.07, 6.45) is 9.10. The van der Waals surface area contributed by atoms with Gasteiger partial charge in [0.1, 0.15) is 17.0 Å². The standard InChI is InChI=1S/C21H23N5O3/c1-25-10-8-24-20(25)19-18(22-6-7-23-19)15-3-2-9-26(13-15)12-14-4-5-17(27)16(11-14)21(28)29/h4-8,10-11,15,27H,2-3,9,12-13H2,1H3,(H,28,29). The van der Waals surface area contributed by atoms with Crippen molar-refractivity contribution in [2.75, 3.05) is 13.1 Å². The Bertz CT molecular complexity index is 1030. The summed E-state index contributed by atoms with van der Waals surface area (Å²) in [6.45, 7) is 2.35. The molecule has 0 spiro atoms. The van der Waals surface area contributed by atoms with E-state index in [9.17, 15) is 15.0 Å². The van der Waals surface area contributed by atoms with Gasteiger partial charge in [-0.2, -0.15) is 0 Å². The molecule has 8 nitrogen and oxygen atoms in total. The van der Waals surface area contributed by atoms with Crippen LogP contribution in [0.2, 0.25) is 0 Å². The molecule has 1 fully saturated rings. The first-order chi connectivity index (χ1) is 14.0. The van der Waals surface area contributed by atoms with Gasteiger partial charge in [-0.1, -0.05) is 6.07 Å². The Balaban J connectivity index is 1.55. The Kier molecular flexibility index (Phi) is 5.26. The first-order valence-corrected chi connectivity index (χ1v) is 9.59. The number of rotatable bonds is 5. The van der Waals surface area contributed by atoms with Crippen molar-refractivity contribution in [2.24, 2.45) is 7.05 Å². The highest BCUT2D eigenvalue weighted by Crippen LogP contribution is 2.31. The van der Waals surface area contributed by atoms with E-state index < -0.39 is 5.97 Å². The molecule has 2 N–H and O–H groups in total. The van der Waals surface area contributed by atoms with Gasteiger partial charge in [0.25, 0.3) is 0 Å². The Morgan fingerprint density at radius 3 is 2.79 bits per heavy atom. The summed E-state index contributed by atoms with van der Waals surface area (Å²) in [7, 11) is 1.94. The number of aromatic carboxylic acids is 1. The fraction of sp³-hybridized carbons (Fsp3) is 0.333. The number of aryl methyl sites for hydroxylation is 1. The number of carboxylic acid groups (broad SMARTS) is 1. The number of carbonyl (C=O) groups is 1. The minimum atomic E-state index is -1.12. The van der Waals surface area contributed by atoms with Gasteiger partial charge >= 0.3 is 5.97 Å². The third-order valence-corrected chi connectivity index (χ3v) is 5.35. The molecular formula is C21H23N5O3. The summed E-state index contributed by atoms with van der Waals surface area (Å²) in [6, 6.07) is 4.76. The molecule has 1 saturated heterocycles. The molecule has 0 radical (unpaired) electrons. The maximum Gasteiger partial charge on any atom is 0.339 e. The van der Waals surface area contributed by atoms with Crippen LogP contribution in [-0.4, -0.2) is 53.7 Å². The van der Waals surface area contributed by atoms with E-state index in [1.165, 1.54) is 6.07 Å². The maximum atomic E-state index is 11.3. The van der Waals surface area contributed by atoms with E-state index in [1.54, 1.807) is 30.7 Å². The predicted molar refractivity (Wildman–Crippen MR) is 107 cm³/mol. The molecule has 0 saturated carbocycles. The molecule has 1 aliphatic rings. The molecule has 8 heteroatoms. The lowest BCUT2D eigenvalue weighted by molar-refractivity contribution is 0.0693. The lowest BCUT2D eigenvalue weighted by Crippen LogP contribution is -2.34. The molecule has 1 unspecified atom stereocenters. The number of phenols is 1. The lowest BCUT2D eigenvalue weighted by atomic mass is 9.92. The second-order valence-electron chi connectivity index (χ2n) is 7.38. The molecule has 3 aromatic rings. The molecule has 1 aromatic carbocycles. The fourth-order valence-corrected chi connectivity index (χ4v) is 3.95. The average Bonchev–Trinajstić information content (AvgIpc) is 3.15. The van der Waals surface area contributed by atoms with Crippen LogP contribution in [0.3, 0.4) is 0 Å². The Morgan fingerprint density at radius 2 is 2.03 bits per heavy atom. The summed E-state index contributed by atoms with van der Waals surface area (Å²) in [4.78, 5) is 27.2. The highest BCUT2D eigenvalue weighted by Gasteiger charge is 2.26. The molecule has 0 aliphatic carbocycles. The highest BCUT2D eigenvalue weighted by molar-refractivity contribution is 5.90. The normalized spacial score (nSPS) is 17.3. The van der Waals surface area contributed by atoms with Gasteiger partial charge in [0.15, 0.2) is 5.82 Å². The van der Waals surface area contributed by atoms with Crippen LogP contribution in [0.5, 0.6) is 5.75 Å². The van der Waals surface area contributed by atoms with Gasteiger partial charge in [0.2, 0.25) is 0 Å². The summed E-state index contributed by atoms with van der Waals surface area (Å²) in [5.41, 5.74) is 2.56. The topological polar surface area (TPSA) is 104 Å². The van der Waals surface area contributed by atoms with E-state index in [2.05, 4.69) is 19.9 Å². The van der Waals surface area contributed by atoms with E-state index in [0.29, 0.717) is 6.54 Å². The molecule has 4 rings (SSSR count). The van der Waals surface area contributed by atoms with Crippen molar-refractivity contribution < 1.29 is 15.0 Å². The number of hydrogen-bond acceptors (Lipinski definition) is 6. The largest absolute Gasteiger partial charge is 0.507 e. The van der Waals surface area contributed by atoms with Crippen molar-refractivity contribution >= 4 is 5.97 Å². The second kappa shape index (κ2) is 8.00. The smallest absolute Gasteiger partial charge is 0.339 e. The van der Waals surface area contributed by atoms with Crippen LogP contribution in [0, 0.1) is 0 Å². The predicted octanol–water partition coefficient (Wildman–Crippen LogP) is 2.66. The fourth-order valence-electron chi connectivity index (χ4n) is 3.95. The first kappa shape index (κ1) is 19.1. The van der Waals surface area contributed by atoms with E-state index in [4.69, 9.17) is 0 Å². The number of hydrogen-bond donors (Lipinski definition) is 2. The minimum absolute atomic E-state index is 0.0675. The number of piperidine rings is 1. The molecule has 0 bridgehead atoms. The van der Waals surface area contributed by atoms with Crippen molar-refractivity contribution in [2.45, 2.75) is 25.3 Å². The van der Waals surface area contributed by atoms with Crippen LogP contribution in [0.25, 0.3) is 11.5 Å². The summed E-state index contributed by atoms with van der Waals surface area (Å²) < 4.78 is 1.94. The molecule has 1 atom stereocenters. The van der Waals surface area contributed by atoms with Gasteiger partial charge < -0.3 is 14.8 Å². The summed E-state index contributed by atoms with van der Waals surface area (Å²) >= 11 is 0. The van der Waals surface area contributed by atoms with Gasteiger partial charge in [-0.3, -0.25) is 9.88 Å². The highest BCUT2D eigenvalue weighted by atomic mass is 16.4. The van der Waals surface area contributed by atoms with Crippen LogP contribution in [0.1, 0.15) is 40.4 Å². The van der Waals surface area contributed by atoms with Gasteiger partial charge in [-0.05, 0) is 37.1 Å². The van der Waals surface area contributed by atoms with Crippen LogP contribution in [-0.2, 0) is 13.6 Å². The maximum absolute atomic E-state index is 11.3. The van der Waals surface area contributed by atoms with Crippen molar-refractivity contribution in [3.8, 4) is 17.3 Å². The number of imidazole rings is 1. The molecule has 0 amide bonds. The number of aromatic hydroxyl groups is 1. The number of benzene rings is 1. The quantitative estimate of drug-likeness (QED) is 0.687. The van der Waals surface area contributed by atoms with E-state index in [0.717, 1.165) is 48.7 Å². The monoisotopic (exact) mass is 393 g/mol. The van der Waals surface area contributed by atoms with E-state index in [-0.39, 0.29) is 17.2 Å². The van der Waals surface area contributed by atoms with Crippen molar-refractivity contribution in [1.82, 2.24) is 24.4 Å². The Hall–Kier alpha value is -3.26. The zero-order valence-electron chi connectivity index (χ0n) is 16.2. The zero-order valence-corrected chi connectivity index (χ0v) is 16.2. The third kappa shape index (κ3) is 3.97. The van der Waals surface area contributed by atoms with Crippen molar-refractivity contribution in [1.29, 1.82) is 0 Å². The van der Waals surface area contributed by atoms with Crippen LogP contribution < -0.4 is 0 Å². The average molecular weight is 393 g/mol. The molecule has 2 aromatic heterocycles. The second-order valence-corrected chi connectivity index (χ2v) is 7.38. The van der Waals surface area contributed by atoms with Crippen molar-refractivity contribution in [3.63, 3.8) is 0 Å². The summed E-state index contributed by atoms with van der Waals surface area (Å²) in [5, 5.41) is 19.0. The SMILES string of the molecule is Cn1ccnc1-c1nccnc1C1CCCN(Cc2ccc(O)c(C(=O)O)c2)C1. The Morgan fingerprint density at radius 1 is 1.21 bits per heavy atom. The molecule has 3 heterocycles. The van der Waals surface area contributed by atoms with Crippen LogP contribution in [0.15, 0.2) is 43.0 Å². The van der Waals surface area contributed by atoms with Crippen LogP contribution >= 0.6 is 0 Å². The number of aromatic nitrogens is 4. The zero-order chi connectivity index (χ0) is 20.4. The third-order valence-electron chi connectivity index (χ3n) is 5.35. The van der Waals surface area contributed by atoms with Gasteiger partial charge in [0, 0.05) is 50.8 Å². The number of carboxylic acids is 1. The molecule has 150 valence electrons. The number of likely N-dealkylation sites (tertiary alicyclic amines) is 1. The first-order valence-electron chi connectivity index (χ1n) is 9.59. The van der Waals surface area contributed by atoms with Crippen LogP contribution in [0.4, 0.5) is 0 Å². The molecule has 1 aliphatic heterocycles. The van der Waals surface area contributed by atoms with Gasteiger partial charge in [0.05, 0.1) is 5.69 Å². The number of nitrogens with zero attached hydrogens (tertiary/aromatic N) is 5. The van der Waals surface area contributed by atoms with E-state index in [1.807, 2.05) is 17.8 Å². The molecular weight excluding hydrogens is 370 g/mol.